The summed E-state index contributed by atoms with van der Waals surface area (Å²) >= 11 is 0. The van der Waals surface area contributed by atoms with Gasteiger partial charge in [-0.2, -0.15) is 0 Å². The van der Waals surface area contributed by atoms with Crippen LogP contribution in [0.2, 0.25) is 0 Å². The third-order valence-corrected chi connectivity index (χ3v) is 4.07. The highest BCUT2D eigenvalue weighted by molar-refractivity contribution is 5.87. The molecule has 2 aromatic carbocycles. The Kier molecular flexibility index (Phi) is 4.27. The van der Waals surface area contributed by atoms with E-state index in [2.05, 4.69) is 0 Å². The van der Waals surface area contributed by atoms with Crippen LogP contribution in [0.4, 0.5) is 0 Å². The molecule has 130 valence electrons. The standard InChI is InChI=1S/C19H18O6/c1-2-3-4-12-18(24)17-15(23)8-11(20)9-16(17)25-19(12)10-5-6-13(21)14(22)7-10/h5-9,20-23H,2-4H2,1H3. The van der Waals surface area contributed by atoms with E-state index in [0.717, 1.165) is 18.9 Å². The Morgan fingerprint density at radius 2 is 1.72 bits per heavy atom. The first kappa shape index (κ1) is 16.7. The number of hydrogen-bond acceptors (Lipinski definition) is 6. The van der Waals surface area contributed by atoms with Gasteiger partial charge in [0.1, 0.15) is 28.2 Å². The average Bonchev–Trinajstić information content (AvgIpc) is 2.55. The molecule has 0 saturated carbocycles. The van der Waals surface area contributed by atoms with E-state index in [1.54, 1.807) is 0 Å². The predicted octanol–water partition coefficient (Wildman–Crippen LogP) is 3.63. The van der Waals surface area contributed by atoms with Crippen molar-refractivity contribution in [1.82, 2.24) is 0 Å². The van der Waals surface area contributed by atoms with Crippen LogP contribution in [0.1, 0.15) is 25.3 Å². The number of rotatable bonds is 4. The molecule has 0 spiro atoms. The second-order valence-electron chi connectivity index (χ2n) is 5.88. The summed E-state index contributed by atoms with van der Waals surface area (Å²) in [5.41, 5.74) is 0.462. The number of phenolic OH excluding ortho intramolecular Hbond substituents is 4. The van der Waals surface area contributed by atoms with Crippen LogP contribution < -0.4 is 5.43 Å². The highest BCUT2D eigenvalue weighted by Gasteiger charge is 2.19. The Morgan fingerprint density at radius 1 is 0.960 bits per heavy atom. The molecule has 25 heavy (non-hydrogen) atoms. The zero-order valence-corrected chi connectivity index (χ0v) is 13.6. The monoisotopic (exact) mass is 342 g/mol. The fourth-order valence-corrected chi connectivity index (χ4v) is 2.80. The van der Waals surface area contributed by atoms with Gasteiger partial charge in [0.15, 0.2) is 16.9 Å². The molecule has 0 fully saturated rings. The van der Waals surface area contributed by atoms with Crippen molar-refractivity contribution in [2.24, 2.45) is 0 Å². The van der Waals surface area contributed by atoms with Crippen molar-refractivity contribution in [2.75, 3.05) is 0 Å². The van der Waals surface area contributed by atoms with Gasteiger partial charge in [0.2, 0.25) is 0 Å². The fourth-order valence-electron chi connectivity index (χ4n) is 2.80. The van der Waals surface area contributed by atoms with Gasteiger partial charge in [0.25, 0.3) is 0 Å². The third-order valence-electron chi connectivity index (χ3n) is 4.07. The Labute approximate surface area is 143 Å². The molecule has 0 atom stereocenters. The van der Waals surface area contributed by atoms with Crippen molar-refractivity contribution in [1.29, 1.82) is 0 Å². The molecule has 0 aliphatic carbocycles. The van der Waals surface area contributed by atoms with Crippen LogP contribution >= 0.6 is 0 Å². The van der Waals surface area contributed by atoms with Crippen molar-refractivity contribution < 1.29 is 24.8 Å². The number of aromatic hydroxyl groups is 4. The predicted molar refractivity (Wildman–Crippen MR) is 93.2 cm³/mol. The lowest BCUT2D eigenvalue weighted by atomic mass is 9.99. The second kappa shape index (κ2) is 6.39. The molecule has 6 heteroatoms. The van der Waals surface area contributed by atoms with Gasteiger partial charge in [-0.3, -0.25) is 4.79 Å². The number of unbranched alkanes of at least 4 members (excludes halogenated alkanes) is 1. The first-order valence-corrected chi connectivity index (χ1v) is 7.96. The molecule has 0 unspecified atom stereocenters. The molecule has 0 radical (unpaired) electrons. The van der Waals surface area contributed by atoms with Crippen molar-refractivity contribution in [3.05, 3.63) is 46.1 Å². The highest BCUT2D eigenvalue weighted by Crippen LogP contribution is 2.36. The van der Waals surface area contributed by atoms with Crippen LogP contribution in [0.25, 0.3) is 22.3 Å². The molecule has 0 saturated heterocycles. The third kappa shape index (κ3) is 2.98. The molecule has 1 aromatic heterocycles. The summed E-state index contributed by atoms with van der Waals surface area (Å²) in [6.45, 7) is 1.99. The van der Waals surface area contributed by atoms with Crippen molar-refractivity contribution >= 4 is 11.0 Å². The zero-order chi connectivity index (χ0) is 18.1. The summed E-state index contributed by atoms with van der Waals surface area (Å²) in [7, 11) is 0. The van der Waals surface area contributed by atoms with Gasteiger partial charge in [0.05, 0.1) is 0 Å². The molecule has 0 bridgehead atoms. The number of fused-ring (bicyclic) bond motifs is 1. The molecule has 3 rings (SSSR count). The SMILES string of the molecule is CCCCc1c(-c2ccc(O)c(O)c2)oc2cc(O)cc(O)c2c1=O. The summed E-state index contributed by atoms with van der Waals surface area (Å²) in [5, 5.41) is 38.9. The Hall–Kier alpha value is -3.15. The minimum atomic E-state index is -0.380. The fraction of sp³-hybridized carbons (Fsp3) is 0.211. The van der Waals surface area contributed by atoms with Gasteiger partial charge < -0.3 is 24.8 Å². The van der Waals surface area contributed by atoms with E-state index in [1.807, 2.05) is 6.92 Å². The molecule has 4 N–H and O–H groups in total. The molecule has 0 amide bonds. The van der Waals surface area contributed by atoms with E-state index >= 15 is 0 Å². The Balaban J connectivity index is 2.35. The van der Waals surface area contributed by atoms with Crippen LogP contribution in [-0.4, -0.2) is 20.4 Å². The molecule has 6 nitrogen and oxygen atoms in total. The lowest BCUT2D eigenvalue weighted by Crippen LogP contribution is -2.11. The van der Waals surface area contributed by atoms with Crippen molar-refractivity contribution in [3.63, 3.8) is 0 Å². The normalized spacial score (nSPS) is 11.1. The van der Waals surface area contributed by atoms with E-state index in [4.69, 9.17) is 4.42 Å². The quantitative estimate of drug-likeness (QED) is 0.539. The lowest BCUT2D eigenvalue weighted by Gasteiger charge is -2.11. The van der Waals surface area contributed by atoms with Crippen LogP contribution in [0.3, 0.4) is 0 Å². The number of benzene rings is 2. The molecule has 0 aliphatic rings. The van der Waals surface area contributed by atoms with Gasteiger partial charge in [-0.1, -0.05) is 13.3 Å². The van der Waals surface area contributed by atoms with Gasteiger partial charge in [0, 0.05) is 23.3 Å². The average molecular weight is 342 g/mol. The summed E-state index contributed by atoms with van der Waals surface area (Å²) in [5.74, 6) is -0.945. The molecule has 3 aromatic rings. The first-order chi connectivity index (χ1) is 11.9. The van der Waals surface area contributed by atoms with E-state index in [9.17, 15) is 25.2 Å². The smallest absolute Gasteiger partial charge is 0.200 e. The van der Waals surface area contributed by atoms with Gasteiger partial charge in [-0.15, -0.1) is 0 Å². The first-order valence-electron chi connectivity index (χ1n) is 7.96. The van der Waals surface area contributed by atoms with Crippen LogP contribution in [-0.2, 0) is 6.42 Å². The Bertz CT molecular complexity index is 1000. The van der Waals surface area contributed by atoms with Crippen LogP contribution in [0.15, 0.2) is 39.5 Å². The van der Waals surface area contributed by atoms with E-state index in [-0.39, 0.29) is 45.2 Å². The summed E-state index contributed by atoms with van der Waals surface area (Å²) in [6, 6.07) is 6.48. The zero-order valence-electron chi connectivity index (χ0n) is 13.6. The number of hydrogen-bond donors (Lipinski definition) is 4. The minimum absolute atomic E-state index is 0.00986. The summed E-state index contributed by atoms with van der Waals surface area (Å²) in [4.78, 5) is 12.9. The molecular formula is C19H18O6. The molecule has 1 heterocycles. The second-order valence-corrected chi connectivity index (χ2v) is 5.88. The van der Waals surface area contributed by atoms with Crippen molar-refractivity contribution in [2.45, 2.75) is 26.2 Å². The van der Waals surface area contributed by atoms with E-state index in [1.165, 1.54) is 24.3 Å². The van der Waals surface area contributed by atoms with E-state index in [0.29, 0.717) is 17.5 Å². The van der Waals surface area contributed by atoms with Gasteiger partial charge >= 0.3 is 0 Å². The minimum Gasteiger partial charge on any atom is -0.508 e. The van der Waals surface area contributed by atoms with Crippen molar-refractivity contribution in [3.8, 4) is 34.3 Å². The lowest BCUT2D eigenvalue weighted by molar-refractivity contribution is 0.404. The maximum atomic E-state index is 12.9. The van der Waals surface area contributed by atoms with Crippen LogP contribution in [0, 0.1) is 0 Å². The van der Waals surface area contributed by atoms with Crippen LogP contribution in [0.5, 0.6) is 23.0 Å². The number of phenols is 4. The highest BCUT2D eigenvalue weighted by atomic mass is 16.3. The van der Waals surface area contributed by atoms with Gasteiger partial charge in [-0.05, 0) is 31.0 Å². The summed E-state index contributed by atoms with van der Waals surface area (Å²) < 4.78 is 5.80. The maximum absolute atomic E-state index is 12.9. The maximum Gasteiger partial charge on any atom is 0.200 e. The largest absolute Gasteiger partial charge is 0.508 e. The molecular weight excluding hydrogens is 324 g/mol. The van der Waals surface area contributed by atoms with Gasteiger partial charge in [-0.25, -0.2) is 0 Å². The molecule has 0 aliphatic heterocycles. The Morgan fingerprint density at radius 3 is 2.40 bits per heavy atom. The van der Waals surface area contributed by atoms with E-state index < -0.39 is 0 Å². The summed E-state index contributed by atoms with van der Waals surface area (Å²) in [6.07, 6.45) is 2.04. The topological polar surface area (TPSA) is 111 Å².